The second-order valence-corrected chi connectivity index (χ2v) is 7.83. The third-order valence-electron chi connectivity index (χ3n) is 4.10. The highest BCUT2D eigenvalue weighted by Gasteiger charge is 2.32. The van der Waals surface area contributed by atoms with Gasteiger partial charge in [0, 0.05) is 18.2 Å². The molecule has 156 valence electrons. The third-order valence-corrected chi connectivity index (χ3v) is 4.10. The second-order valence-electron chi connectivity index (χ2n) is 7.83. The van der Waals surface area contributed by atoms with Crippen molar-refractivity contribution in [2.75, 3.05) is 26.7 Å². The van der Waals surface area contributed by atoms with Gasteiger partial charge in [-0.05, 0) is 32.4 Å². The highest BCUT2D eigenvalue weighted by molar-refractivity contribution is 6.11. The van der Waals surface area contributed by atoms with Gasteiger partial charge in [0.05, 0.1) is 13.0 Å². The lowest BCUT2D eigenvalue weighted by Gasteiger charge is -2.26. The van der Waals surface area contributed by atoms with Crippen LogP contribution < -0.4 is 5.32 Å². The Morgan fingerprint density at radius 2 is 1.83 bits per heavy atom. The van der Waals surface area contributed by atoms with Crippen LogP contribution in [-0.4, -0.2) is 71.7 Å². The summed E-state index contributed by atoms with van der Waals surface area (Å²) in [6.45, 7) is 4.09. The Morgan fingerprint density at radius 3 is 2.48 bits per heavy atom. The molecule has 0 bridgehead atoms. The van der Waals surface area contributed by atoms with E-state index >= 15 is 0 Å². The molecular weight excluding hydrogens is 378 g/mol. The van der Waals surface area contributed by atoms with Crippen molar-refractivity contribution in [2.45, 2.75) is 32.7 Å². The van der Waals surface area contributed by atoms with E-state index in [0.717, 1.165) is 9.80 Å². The molecule has 1 aromatic carbocycles. The summed E-state index contributed by atoms with van der Waals surface area (Å²) in [5.74, 6) is -2.89. The maximum absolute atomic E-state index is 12.4. The number of rotatable bonds is 6. The lowest BCUT2D eigenvalue weighted by atomic mass is 9.98. The molecule has 4 amide bonds. The lowest BCUT2D eigenvalue weighted by Crippen LogP contribution is -2.47. The molecule has 0 radical (unpaired) electrons. The first-order valence-electron chi connectivity index (χ1n) is 9.11. The fraction of sp³-hybridized carbons (Fsp3) is 0.450. The standard InChI is InChI=1S/C20H25N3O6/c1-20(2,3)21-15(24)10-22(4)17(26)12-29-18(27)11-23-16(25)9-13-7-5-6-8-14(13)19(23)28/h5-8H,9-12H2,1-4H3,(H,21,24). The van der Waals surface area contributed by atoms with Crippen LogP contribution in [0, 0.1) is 0 Å². The molecule has 1 aliphatic heterocycles. The monoisotopic (exact) mass is 403 g/mol. The van der Waals surface area contributed by atoms with Gasteiger partial charge in [0.2, 0.25) is 11.8 Å². The SMILES string of the molecule is CN(CC(=O)NC(C)(C)C)C(=O)COC(=O)CN1C(=O)Cc2ccccc2C1=O. The third kappa shape index (κ3) is 6.13. The van der Waals surface area contributed by atoms with Crippen molar-refractivity contribution in [3.05, 3.63) is 35.4 Å². The van der Waals surface area contributed by atoms with Gasteiger partial charge >= 0.3 is 5.97 Å². The largest absolute Gasteiger partial charge is 0.454 e. The number of carbonyl (C=O) groups excluding carboxylic acids is 5. The summed E-state index contributed by atoms with van der Waals surface area (Å²) in [4.78, 5) is 62.5. The molecule has 0 atom stereocenters. The van der Waals surface area contributed by atoms with Crippen molar-refractivity contribution in [3.63, 3.8) is 0 Å². The minimum absolute atomic E-state index is 0.0136. The number of amides is 4. The van der Waals surface area contributed by atoms with Crippen LogP contribution in [-0.2, 0) is 30.3 Å². The van der Waals surface area contributed by atoms with E-state index in [1.54, 1.807) is 24.3 Å². The predicted molar refractivity (Wildman–Crippen MR) is 103 cm³/mol. The predicted octanol–water partition coefficient (Wildman–Crippen LogP) is 0.128. The summed E-state index contributed by atoms with van der Waals surface area (Å²) in [5, 5.41) is 2.72. The Balaban J connectivity index is 1.85. The first kappa shape index (κ1) is 22.1. The molecule has 0 aromatic heterocycles. The van der Waals surface area contributed by atoms with Gasteiger partial charge in [-0.2, -0.15) is 0 Å². The van der Waals surface area contributed by atoms with Gasteiger partial charge in [0.1, 0.15) is 6.54 Å². The average molecular weight is 403 g/mol. The van der Waals surface area contributed by atoms with Crippen LogP contribution in [0.4, 0.5) is 0 Å². The molecule has 0 saturated carbocycles. The topological polar surface area (TPSA) is 113 Å². The summed E-state index contributed by atoms with van der Waals surface area (Å²) < 4.78 is 4.89. The van der Waals surface area contributed by atoms with E-state index in [-0.39, 0.29) is 18.9 Å². The summed E-state index contributed by atoms with van der Waals surface area (Å²) in [5.41, 5.74) is 0.539. The highest BCUT2D eigenvalue weighted by Crippen LogP contribution is 2.19. The summed E-state index contributed by atoms with van der Waals surface area (Å²) >= 11 is 0. The van der Waals surface area contributed by atoms with E-state index in [1.165, 1.54) is 7.05 Å². The Hall–Kier alpha value is -3.23. The maximum Gasteiger partial charge on any atom is 0.326 e. The molecule has 1 aromatic rings. The number of fused-ring (bicyclic) bond motifs is 1. The normalized spacial score (nSPS) is 13.6. The van der Waals surface area contributed by atoms with Crippen molar-refractivity contribution in [2.24, 2.45) is 0 Å². The van der Waals surface area contributed by atoms with Gasteiger partial charge < -0.3 is 15.0 Å². The molecule has 1 N–H and O–H groups in total. The number of esters is 1. The zero-order valence-corrected chi connectivity index (χ0v) is 17.0. The lowest BCUT2D eigenvalue weighted by molar-refractivity contribution is -0.154. The summed E-state index contributed by atoms with van der Waals surface area (Å²) in [7, 11) is 1.41. The van der Waals surface area contributed by atoms with Crippen molar-refractivity contribution in [1.82, 2.24) is 15.1 Å². The Labute approximate surface area is 169 Å². The van der Waals surface area contributed by atoms with Gasteiger partial charge in [-0.3, -0.25) is 28.9 Å². The second kappa shape index (κ2) is 8.85. The van der Waals surface area contributed by atoms with E-state index in [2.05, 4.69) is 5.32 Å². The maximum atomic E-state index is 12.4. The van der Waals surface area contributed by atoms with E-state index in [0.29, 0.717) is 11.1 Å². The molecule has 0 saturated heterocycles. The molecule has 1 heterocycles. The molecule has 0 aliphatic carbocycles. The molecule has 9 heteroatoms. The van der Waals surface area contributed by atoms with Crippen LogP contribution in [0.3, 0.4) is 0 Å². The number of carbonyl (C=O) groups is 5. The summed E-state index contributed by atoms with van der Waals surface area (Å²) in [6, 6.07) is 6.68. The number of likely N-dealkylation sites (N-methyl/N-ethyl adjacent to an activating group) is 1. The molecule has 2 rings (SSSR count). The van der Waals surface area contributed by atoms with Crippen molar-refractivity contribution >= 4 is 29.6 Å². The van der Waals surface area contributed by atoms with Gasteiger partial charge in [-0.1, -0.05) is 18.2 Å². The highest BCUT2D eigenvalue weighted by atomic mass is 16.5. The number of imide groups is 1. The van der Waals surface area contributed by atoms with E-state index < -0.39 is 42.4 Å². The average Bonchev–Trinajstić information content (AvgIpc) is 2.61. The van der Waals surface area contributed by atoms with Crippen molar-refractivity contribution in [3.8, 4) is 0 Å². The molecule has 1 aliphatic rings. The van der Waals surface area contributed by atoms with Crippen LogP contribution >= 0.6 is 0 Å². The minimum atomic E-state index is -0.882. The molecule has 29 heavy (non-hydrogen) atoms. The number of nitrogens with zero attached hydrogens (tertiary/aromatic N) is 2. The number of nitrogens with one attached hydrogen (secondary N) is 1. The minimum Gasteiger partial charge on any atom is -0.454 e. The zero-order valence-electron chi connectivity index (χ0n) is 17.0. The fourth-order valence-electron chi connectivity index (χ4n) is 2.75. The molecule has 0 unspecified atom stereocenters. The van der Waals surface area contributed by atoms with Crippen LogP contribution in [0.2, 0.25) is 0 Å². The quantitative estimate of drug-likeness (QED) is 0.534. The number of benzene rings is 1. The Morgan fingerprint density at radius 1 is 1.17 bits per heavy atom. The van der Waals surface area contributed by atoms with Crippen LogP contribution in [0.1, 0.15) is 36.7 Å². The first-order valence-corrected chi connectivity index (χ1v) is 9.11. The van der Waals surface area contributed by atoms with Crippen LogP contribution in [0.15, 0.2) is 24.3 Å². The van der Waals surface area contributed by atoms with Gasteiger partial charge in [-0.25, -0.2) is 0 Å². The van der Waals surface area contributed by atoms with Crippen molar-refractivity contribution < 1.29 is 28.7 Å². The van der Waals surface area contributed by atoms with Crippen molar-refractivity contribution in [1.29, 1.82) is 0 Å². The van der Waals surface area contributed by atoms with E-state index in [4.69, 9.17) is 4.74 Å². The summed E-state index contributed by atoms with van der Waals surface area (Å²) in [6.07, 6.45) is 0.0136. The number of hydrogen-bond acceptors (Lipinski definition) is 6. The fourth-order valence-corrected chi connectivity index (χ4v) is 2.75. The van der Waals surface area contributed by atoms with Crippen LogP contribution in [0.25, 0.3) is 0 Å². The van der Waals surface area contributed by atoms with Crippen LogP contribution in [0.5, 0.6) is 0 Å². The number of hydrogen-bond donors (Lipinski definition) is 1. The first-order chi connectivity index (χ1) is 13.5. The molecule has 9 nitrogen and oxygen atoms in total. The molecule has 0 fully saturated rings. The van der Waals surface area contributed by atoms with Gasteiger partial charge in [0.25, 0.3) is 11.8 Å². The Kier molecular flexibility index (Phi) is 6.73. The van der Waals surface area contributed by atoms with E-state index in [1.807, 2.05) is 20.8 Å². The van der Waals surface area contributed by atoms with E-state index in [9.17, 15) is 24.0 Å². The van der Waals surface area contributed by atoms with Gasteiger partial charge in [0.15, 0.2) is 6.61 Å². The smallest absolute Gasteiger partial charge is 0.326 e. The van der Waals surface area contributed by atoms with Gasteiger partial charge in [-0.15, -0.1) is 0 Å². The Bertz CT molecular complexity index is 843. The molecule has 0 spiro atoms. The number of ether oxygens (including phenoxy) is 1. The molecular formula is C20H25N3O6. The zero-order chi connectivity index (χ0) is 21.8.